The van der Waals surface area contributed by atoms with E-state index in [-0.39, 0.29) is 17.4 Å². The van der Waals surface area contributed by atoms with Crippen LogP contribution < -0.4 is 5.32 Å². The van der Waals surface area contributed by atoms with Crippen LogP contribution in [0, 0.1) is 5.82 Å². The molecule has 122 valence electrons. The van der Waals surface area contributed by atoms with Crippen molar-refractivity contribution in [2.75, 3.05) is 11.9 Å². The number of carbonyl (C=O) groups excluding carboxylic acids is 1. The van der Waals surface area contributed by atoms with Gasteiger partial charge in [-0.3, -0.25) is 10.00 Å². The van der Waals surface area contributed by atoms with E-state index in [0.717, 1.165) is 12.8 Å². The van der Waals surface area contributed by atoms with Crippen molar-refractivity contribution < 1.29 is 9.18 Å². The highest BCUT2D eigenvalue weighted by Gasteiger charge is 2.40. The first-order valence-corrected chi connectivity index (χ1v) is 7.80. The van der Waals surface area contributed by atoms with Gasteiger partial charge in [-0.1, -0.05) is 18.2 Å². The van der Waals surface area contributed by atoms with Crippen molar-refractivity contribution in [2.24, 2.45) is 7.05 Å². The maximum Gasteiger partial charge on any atom is 0.323 e. The highest BCUT2D eigenvalue weighted by atomic mass is 19.1. The molecule has 1 fully saturated rings. The van der Waals surface area contributed by atoms with Gasteiger partial charge in [0.1, 0.15) is 5.82 Å². The highest BCUT2D eigenvalue weighted by Crippen LogP contribution is 2.33. The van der Waals surface area contributed by atoms with Crippen LogP contribution in [0.3, 0.4) is 0 Å². The van der Waals surface area contributed by atoms with Crippen molar-refractivity contribution in [1.82, 2.24) is 14.7 Å². The third-order valence-corrected chi connectivity index (χ3v) is 4.47. The smallest absolute Gasteiger partial charge is 0.319 e. The van der Waals surface area contributed by atoms with Crippen molar-refractivity contribution in [3.63, 3.8) is 0 Å². The molecule has 1 atom stereocenters. The zero-order valence-electron chi connectivity index (χ0n) is 13.4. The van der Waals surface area contributed by atoms with Crippen LogP contribution in [0.2, 0.25) is 0 Å². The molecule has 1 aromatic carbocycles. The number of amides is 2. The second-order valence-corrected chi connectivity index (χ2v) is 6.33. The van der Waals surface area contributed by atoms with Crippen molar-refractivity contribution in [2.45, 2.75) is 31.7 Å². The van der Waals surface area contributed by atoms with Crippen LogP contribution in [0.4, 0.5) is 15.0 Å². The topological polar surface area (TPSA) is 50.2 Å². The fourth-order valence-corrected chi connectivity index (χ4v) is 3.26. The summed E-state index contributed by atoms with van der Waals surface area (Å²) in [6, 6.07) is 8.33. The lowest BCUT2D eigenvalue weighted by atomic mass is 9.90. The molecule has 1 N–H and O–H groups in total. The molecule has 1 aromatic heterocycles. The molecule has 0 bridgehead atoms. The zero-order chi connectivity index (χ0) is 16.4. The number of nitrogens with one attached hydrogen (secondary N) is 1. The Bertz CT molecular complexity index is 714. The standard InChI is InChI=1S/C17H21FN4O/c1-17(12-13-6-3-4-7-14(13)18)9-5-10-22(17)16(23)19-15-8-11-21(2)20-15/h3-4,6-8,11H,5,9-10,12H2,1-2H3,(H,19,20,23). The van der Waals surface area contributed by atoms with E-state index in [1.807, 2.05) is 13.0 Å². The molecule has 0 saturated carbocycles. The van der Waals surface area contributed by atoms with Crippen molar-refractivity contribution >= 4 is 11.8 Å². The van der Waals surface area contributed by atoms with Crippen LogP contribution in [0.1, 0.15) is 25.3 Å². The minimum absolute atomic E-state index is 0.181. The molecule has 0 spiro atoms. The van der Waals surface area contributed by atoms with E-state index in [9.17, 15) is 9.18 Å². The summed E-state index contributed by atoms with van der Waals surface area (Å²) >= 11 is 0. The number of nitrogens with zero attached hydrogens (tertiary/aromatic N) is 3. The number of hydrogen-bond acceptors (Lipinski definition) is 2. The first-order chi connectivity index (χ1) is 11.0. The Morgan fingerprint density at radius 1 is 1.39 bits per heavy atom. The summed E-state index contributed by atoms with van der Waals surface area (Å²) in [6.07, 6.45) is 4.06. The number of aryl methyl sites for hydroxylation is 1. The minimum Gasteiger partial charge on any atom is -0.319 e. The van der Waals surface area contributed by atoms with Gasteiger partial charge in [0.2, 0.25) is 0 Å². The number of anilines is 1. The molecule has 1 aliphatic heterocycles. The van der Waals surface area contributed by atoms with Gasteiger partial charge < -0.3 is 4.90 Å². The molecule has 2 aromatic rings. The molecule has 23 heavy (non-hydrogen) atoms. The predicted molar refractivity (Wildman–Crippen MR) is 86.7 cm³/mol. The number of urea groups is 1. The van der Waals surface area contributed by atoms with Crippen LogP contribution in [-0.4, -0.2) is 32.8 Å². The maximum absolute atomic E-state index is 14.0. The van der Waals surface area contributed by atoms with Gasteiger partial charge in [-0.25, -0.2) is 9.18 Å². The molecule has 2 heterocycles. The largest absolute Gasteiger partial charge is 0.323 e. The number of carbonyl (C=O) groups is 1. The van der Waals surface area contributed by atoms with E-state index in [0.29, 0.717) is 24.3 Å². The number of rotatable bonds is 3. The number of aromatic nitrogens is 2. The summed E-state index contributed by atoms with van der Waals surface area (Å²) in [4.78, 5) is 14.4. The van der Waals surface area contributed by atoms with E-state index in [1.54, 1.807) is 41.0 Å². The molecule has 0 aliphatic carbocycles. The first kappa shape index (κ1) is 15.5. The Kier molecular flexibility index (Phi) is 4.07. The van der Waals surface area contributed by atoms with Gasteiger partial charge in [-0.15, -0.1) is 0 Å². The Morgan fingerprint density at radius 2 is 2.17 bits per heavy atom. The van der Waals surface area contributed by atoms with Crippen LogP contribution >= 0.6 is 0 Å². The van der Waals surface area contributed by atoms with E-state index < -0.39 is 0 Å². The molecule has 0 radical (unpaired) electrons. The number of likely N-dealkylation sites (tertiary alicyclic amines) is 1. The minimum atomic E-state index is -0.388. The van der Waals surface area contributed by atoms with Gasteiger partial charge in [0.25, 0.3) is 0 Å². The van der Waals surface area contributed by atoms with Crippen LogP contribution in [0.5, 0.6) is 0 Å². The second-order valence-electron chi connectivity index (χ2n) is 6.33. The fraction of sp³-hybridized carbons (Fsp3) is 0.412. The third-order valence-electron chi connectivity index (χ3n) is 4.47. The van der Waals surface area contributed by atoms with Gasteiger partial charge in [-0.2, -0.15) is 5.10 Å². The van der Waals surface area contributed by atoms with Crippen molar-refractivity contribution in [3.8, 4) is 0 Å². The quantitative estimate of drug-likeness (QED) is 0.945. The van der Waals surface area contributed by atoms with Gasteiger partial charge in [0.15, 0.2) is 5.82 Å². The molecule has 3 rings (SSSR count). The Balaban J connectivity index is 1.76. The van der Waals surface area contributed by atoms with E-state index in [2.05, 4.69) is 10.4 Å². The Hall–Kier alpha value is -2.37. The number of halogens is 1. The summed E-state index contributed by atoms with van der Waals surface area (Å²) < 4.78 is 15.6. The number of hydrogen-bond donors (Lipinski definition) is 1. The average Bonchev–Trinajstić information content (AvgIpc) is 3.08. The maximum atomic E-state index is 14.0. The van der Waals surface area contributed by atoms with E-state index in [1.165, 1.54) is 6.07 Å². The van der Waals surface area contributed by atoms with Crippen LogP contribution in [-0.2, 0) is 13.5 Å². The lowest BCUT2D eigenvalue weighted by Crippen LogP contribution is -2.48. The second kappa shape index (κ2) is 6.02. The van der Waals surface area contributed by atoms with Gasteiger partial charge in [0.05, 0.1) is 0 Å². The van der Waals surface area contributed by atoms with E-state index in [4.69, 9.17) is 0 Å². The summed E-state index contributed by atoms with van der Waals surface area (Å²) in [5, 5.41) is 6.99. The lowest BCUT2D eigenvalue weighted by molar-refractivity contribution is 0.167. The monoisotopic (exact) mass is 316 g/mol. The van der Waals surface area contributed by atoms with Gasteiger partial charge in [-0.05, 0) is 37.8 Å². The van der Waals surface area contributed by atoms with Crippen molar-refractivity contribution in [1.29, 1.82) is 0 Å². The summed E-state index contributed by atoms with van der Waals surface area (Å²) in [5.41, 5.74) is 0.258. The third kappa shape index (κ3) is 3.21. The highest BCUT2D eigenvalue weighted by molar-refractivity contribution is 5.89. The SMILES string of the molecule is Cn1ccc(NC(=O)N2CCCC2(C)Cc2ccccc2F)n1. The molecule has 6 heteroatoms. The normalized spacial score (nSPS) is 20.7. The summed E-state index contributed by atoms with van der Waals surface area (Å²) in [7, 11) is 1.80. The molecule has 5 nitrogen and oxygen atoms in total. The Morgan fingerprint density at radius 3 is 2.87 bits per heavy atom. The molecule has 1 aliphatic rings. The number of benzene rings is 1. The van der Waals surface area contributed by atoms with Crippen LogP contribution in [0.25, 0.3) is 0 Å². The molecular formula is C17H21FN4O. The average molecular weight is 316 g/mol. The zero-order valence-corrected chi connectivity index (χ0v) is 13.4. The summed E-state index contributed by atoms with van der Waals surface area (Å²) in [6.45, 7) is 2.69. The van der Waals surface area contributed by atoms with Gasteiger partial charge in [0, 0.05) is 31.4 Å². The summed E-state index contributed by atoms with van der Waals surface area (Å²) in [5.74, 6) is 0.309. The first-order valence-electron chi connectivity index (χ1n) is 7.80. The lowest BCUT2D eigenvalue weighted by Gasteiger charge is -2.35. The van der Waals surface area contributed by atoms with Gasteiger partial charge >= 0.3 is 6.03 Å². The molecular weight excluding hydrogens is 295 g/mol. The predicted octanol–water partition coefficient (Wildman–Crippen LogP) is 3.19. The van der Waals surface area contributed by atoms with E-state index >= 15 is 0 Å². The Labute approximate surface area is 135 Å². The van der Waals surface area contributed by atoms with Crippen LogP contribution in [0.15, 0.2) is 36.5 Å². The fourth-order valence-electron chi connectivity index (χ4n) is 3.26. The van der Waals surface area contributed by atoms with Crippen molar-refractivity contribution in [3.05, 3.63) is 47.9 Å². The molecule has 1 saturated heterocycles. The molecule has 1 unspecified atom stereocenters. The molecule has 2 amide bonds.